The van der Waals surface area contributed by atoms with Crippen LogP contribution in [0.5, 0.6) is 0 Å². The van der Waals surface area contributed by atoms with Crippen molar-refractivity contribution in [3.8, 4) is 0 Å². The van der Waals surface area contributed by atoms with Crippen LogP contribution in [0.25, 0.3) is 0 Å². The van der Waals surface area contributed by atoms with E-state index in [4.69, 9.17) is 11.6 Å². The van der Waals surface area contributed by atoms with Gasteiger partial charge in [-0.05, 0) is 42.5 Å². The topological polar surface area (TPSA) is 66.5 Å². The van der Waals surface area contributed by atoms with Gasteiger partial charge in [0.15, 0.2) is 0 Å². The van der Waals surface area contributed by atoms with Crippen molar-refractivity contribution < 1.29 is 17.6 Å². The lowest BCUT2D eigenvalue weighted by Gasteiger charge is -2.13. The molecule has 0 bridgehead atoms. The first-order valence-corrected chi connectivity index (χ1v) is 8.36. The van der Waals surface area contributed by atoms with Crippen molar-refractivity contribution >= 4 is 33.2 Å². The molecule has 2 rings (SSSR count). The number of sulfonamides is 1. The molecule has 5 nitrogen and oxygen atoms in total. The van der Waals surface area contributed by atoms with Crippen LogP contribution >= 0.6 is 11.6 Å². The highest BCUT2D eigenvalue weighted by molar-refractivity contribution is 7.92. The Balaban J connectivity index is 2.38. The van der Waals surface area contributed by atoms with E-state index in [1.807, 2.05) is 0 Å². The zero-order chi connectivity index (χ0) is 17.2. The summed E-state index contributed by atoms with van der Waals surface area (Å²) in [6.07, 6.45) is 0. The van der Waals surface area contributed by atoms with Crippen LogP contribution in [0.2, 0.25) is 5.02 Å². The van der Waals surface area contributed by atoms with Crippen molar-refractivity contribution in [1.29, 1.82) is 0 Å². The first-order valence-electron chi connectivity index (χ1n) is 6.50. The summed E-state index contributed by atoms with van der Waals surface area (Å²) < 4.78 is 39.9. The fourth-order valence-electron chi connectivity index (χ4n) is 1.81. The van der Waals surface area contributed by atoms with Crippen LogP contribution in [0.1, 0.15) is 10.4 Å². The first-order chi connectivity index (χ1) is 10.7. The average Bonchev–Trinajstić information content (AvgIpc) is 2.49. The number of anilines is 1. The van der Waals surface area contributed by atoms with Gasteiger partial charge in [-0.15, -0.1) is 0 Å². The van der Waals surface area contributed by atoms with Crippen LogP contribution in [0.4, 0.5) is 10.1 Å². The molecule has 0 aliphatic carbocycles. The minimum atomic E-state index is -3.93. The van der Waals surface area contributed by atoms with E-state index < -0.39 is 21.7 Å². The monoisotopic (exact) mass is 356 g/mol. The fraction of sp³-hybridized carbons (Fsp3) is 0.133. The molecular formula is C15H14ClFN2O3S. The van der Waals surface area contributed by atoms with E-state index in [0.717, 1.165) is 12.1 Å². The maximum atomic E-state index is 12.9. The van der Waals surface area contributed by atoms with Crippen molar-refractivity contribution in [2.24, 2.45) is 0 Å². The molecule has 0 aliphatic heterocycles. The second kappa shape index (κ2) is 6.55. The van der Waals surface area contributed by atoms with Crippen LogP contribution < -0.4 is 4.72 Å². The van der Waals surface area contributed by atoms with Gasteiger partial charge in [0.1, 0.15) is 5.82 Å². The number of amides is 1. The highest BCUT2D eigenvalue weighted by atomic mass is 35.5. The van der Waals surface area contributed by atoms with Crippen molar-refractivity contribution in [2.75, 3.05) is 18.8 Å². The van der Waals surface area contributed by atoms with E-state index in [1.165, 1.54) is 49.3 Å². The smallest absolute Gasteiger partial charge is 0.261 e. The summed E-state index contributed by atoms with van der Waals surface area (Å²) in [5, 5.41) is 0.157. The molecule has 1 N–H and O–H groups in total. The second-order valence-electron chi connectivity index (χ2n) is 4.95. The zero-order valence-corrected chi connectivity index (χ0v) is 14.0. The quantitative estimate of drug-likeness (QED) is 0.915. The van der Waals surface area contributed by atoms with Crippen molar-refractivity contribution in [3.05, 3.63) is 58.9 Å². The van der Waals surface area contributed by atoms with Crippen LogP contribution in [-0.2, 0) is 10.0 Å². The van der Waals surface area contributed by atoms with E-state index in [2.05, 4.69) is 4.72 Å². The average molecular weight is 357 g/mol. The highest BCUT2D eigenvalue weighted by Gasteiger charge is 2.19. The Kier molecular flexibility index (Phi) is 4.91. The number of rotatable bonds is 4. The predicted octanol–water partition coefficient (Wildman–Crippen LogP) is 2.98. The van der Waals surface area contributed by atoms with E-state index >= 15 is 0 Å². The molecule has 0 aromatic heterocycles. The van der Waals surface area contributed by atoms with Gasteiger partial charge in [0, 0.05) is 19.8 Å². The molecule has 0 atom stereocenters. The van der Waals surface area contributed by atoms with Crippen molar-refractivity contribution in [2.45, 2.75) is 4.90 Å². The molecule has 0 unspecified atom stereocenters. The molecule has 0 radical (unpaired) electrons. The molecule has 0 aliphatic rings. The summed E-state index contributed by atoms with van der Waals surface area (Å²) in [5.74, 6) is -0.882. The number of hydrogen-bond donors (Lipinski definition) is 1. The number of nitrogens with zero attached hydrogens (tertiary/aromatic N) is 1. The summed E-state index contributed by atoms with van der Waals surface area (Å²) in [6, 6.07) is 8.72. The molecule has 122 valence electrons. The molecule has 0 saturated carbocycles. The summed E-state index contributed by atoms with van der Waals surface area (Å²) >= 11 is 5.96. The molecule has 1 amide bonds. The highest BCUT2D eigenvalue weighted by Crippen LogP contribution is 2.23. The first kappa shape index (κ1) is 17.2. The zero-order valence-electron chi connectivity index (χ0n) is 12.4. The molecule has 8 heteroatoms. The molecule has 0 fully saturated rings. The maximum absolute atomic E-state index is 12.9. The minimum Gasteiger partial charge on any atom is -0.345 e. The van der Waals surface area contributed by atoms with Crippen molar-refractivity contribution in [1.82, 2.24) is 4.90 Å². The largest absolute Gasteiger partial charge is 0.345 e. The van der Waals surface area contributed by atoms with Gasteiger partial charge < -0.3 is 4.90 Å². The van der Waals surface area contributed by atoms with Crippen LogP contribution in [-0.4, -0.2) is 33.3 Å². The van der Waals surface area contributed by atoms with Gasteiger partial charge >= 0.3 is 0 Å². The minimum absolute atomic E-state index is 0.0821. The Morgan fingerprint density at radius 1 is 1.13 bits per heavy atom. The molecule has 0 heterocycles. The molecule has 0 saturated heterocycles. The number of carbonyl (C=O) groups excluding carboxylic acids is 1. The Morgan fingerprint density at radius 3 is 2.30 bits per heavy atom. The number of hydrogen-bond acceptors (Lipinski definition) is 3. The summed E-state index contributed by atoms with van der Waals surface area (Å²) in [4.78, 5) is 13.2. The van der Waals surface area contributed by atoms with Gasteiger partial charge in [-0.2, -0.15) is 0 Å². The normalized spacial score (nSPS) is 11.1. The van der Waals surface area contributed by atoms with Crippen molar-refractivity contribution in [3.63, 3.8) is 0 Å². The summed E-state index contributed by atoms with van der Waals surface area (Å²) in [5.41, 5.74) is 0.292. The molecule has 2 aromatic carbocycles. The number of halogens is 2. The van der Waals surface area contributed by atoms with Crippen LogP contribution in [0.3, 0.4) is 0 Å². The third-order valence-corrected chi connectivity index (χ3v) is 4.69. The Bertz CT molecular complexity index is 836. The molecule has 23 heavy (non-hydrogen) atoms. The van der Waals surface area contributed by atoms with Gasteiger partial charge in [0.25, 0.3) is 15.9 Å². The van der Waals surface area contributed by atoms with E-state index in [9.17, 15) is 17.6 Å². The van der Waals surface area contributed by atoms with Gasteiger partial charge in [0.2, 0.25) is 0 Å². The van der Waals surface area contributed by atoms with Gasteiger partial charge in [-0.3, -0.25) is 9.52 Å². The Hall–Kier alpha value is -2.12. The maximum Gasteiger partial charge on any atom is 0.261 e. The second-order valence-corrected chi connectivity index (χ2v) is 7.04. The standard InChI is InChI=1S/C15H14ClFN2O3S/c1-19(2)15(20)13-9-12(7-8-14(13)16)23(21,22)18-11-5-3-10(17)4-6-11/h3-9,18H,1-2H3. The SMILES string of the molecule is CN(C)C(=O)c1cc(S(=O)(=O)Nc2ccc(F)cc2)ccc1Cl. The van der Waals surface area contributed by atoms with Crippen LogP contribution in [0, 0.1) is 5.82 Å². The lowest BCUT2D eigenvalue weighted by molar-refractivity contribution is 0.0827. The third-order valence-electron chi connectivity index (χ3n) is 2.98. The van der Waals surface area contributed by atoms with Gasteiger partial charge in [-0.25, -0.2) is 12.8 Å². The summed E-state index contributed by atoms with van der Waals surface area (Å²) in [7, 11) is -0.850. The lowest BCUT2D eigenvalue weighted by Crippen LogP contribution is -2.22. The Morgan fingerprint density at radius 2 is 1.74 bits per heavy atom. The van der Waals surface area contributed by atoms with E-state index in [0.29, 0.717) is 0 Å². The lowest BCUT2D eigenvalue weighted by atomic mass is 10.2. The van der Waals surface area contributed by atoms with Gasteiger partial charge in [-0.1, -0.05) is 11.6 Å². The predicted molar refractivity (Wildman–Crippen MR) is 86.7 cm³/mol. The van der Waals surface area contributed by atoms with Crippen LogP contribution in [0.15, 0.2) is 47.4 Å². The van der Waals surface area contributed by atoms with Gasteiger partial charge in [0.05, 0.1) is 15.5 Å². The third kappa shape index (κ3) is 4.00. The van der Waals surface area contributed by atoms with E-state index in [1.54, 1.807) is 0 Å². The van der Waals surface area contributed by atoms with E-state index in [-0.39, 0.29) is 21.2 Å². The number of nitrogens with one attached hydrogen (secondary N) is 1. The number of carbonyl (C=O) groups is 1. The molecule has 0 spiro atoms. The fourth-order valence-corrected chi connectivity index (χ4v) is 3.09. The molecule has 2 aromatic rings. The molecular weight excluding hydrogens is 343 g/mol. The Labute approximate surface area is 138 Å². The summed E-state index contributed by atoms with van der Waals surface area (Å²) in [6.45, 7) is 0. The number of benzene rings is 2.